The van der Waals surface area contributed by atoms with Gasteiger partial charge in [-0.25, -0.2) is 4.98 Å². The highest BCUT2D eigenvalue weighted by Gasteiger charge is 2.27. The second-order valence-corrected chi connectivity index (χ2v) is 6.95. The van der Waals surface area contributed by atoms with Crippen LogP contribution >= 0.6 is 0 Å². The van der Waals surface area contributed by atoms with Gasteiger partial charge >= 0.3 is 0 Å². The molecule has 1 atom stereocenters. The molecule has 1 saturated carbocycles. The molecule has 0 amide bonds. The average Bonchev–Trinajstić information content (AvgIpc) is 2.87. The van der Waals surface area contributed by atoms with E-state index in [1.807, 2.05) is 6.20 Å². The zero-order valence-corrected chi connectivity index (χ0v) is 13.3. The third-order valence-electron chi connectivity index (χ3n) is 4.06. The Hall–Kier alpha value is -0.870. The summed E-state index contributed by atoms with van der Waals surface area (Å²) in [4.78, 5) is 7.98. The first-order valence-corrected chi connectivity index (χ1v) is 7.81. The van der Waals surface area contributed by atoms with Crippen LogP contribution in [0.1, 0.15) is 70.5 Å². The summed E-state index contributed by atoms with van der Waals surface area (Å²) in [6.07, 6.45) is 8.59. The number of methoxy groups -OCH3 is 1. The summed E-state index contributed by atoms with van der Waals surface area (Å²) < 4.78 is 5.72. The number of hydrogen-bond acceptors (Lipinski definition) is 3. The summed E-state index contributed by atoms with van der Waals surface area (Å²) in [6, 6.07) is 0. The molecule has 0 aromatic carbocycles. The highest BCUT2D eigenvalue weighted by atomic mass is 16.5. The van der Waals surface area contributed by atoms with Crippen LogP contribution < -0.4 is 5.32 Å². The van der Waals surface area contributed by atoms with Crippen molar-refractivity contribution in [2.75, 3.05) is 7.11 Å². The van der Waals surface area contributed by atoms with Crippen LogP contribution in [0.2, 0.25) is 0 Å². The van der Waals surface area contributed by atoms with Crippen molar-refractivity contribution in [3.63, 3.8) is 0 Å². The maximum atomic E-state index is 5.72. The summed E-state index contributed by atoms with van der Waals surface area (Å²) in [6.45, 7) is 7.33. The summed E-state index contributed by atoms with van der Waals surface area (Å²) in [5.41, 5.74) is 1.25. The molecule has 1 aliphatic carbocycles. The van der Waals surface area contributed by atoms with Crippen LogP contribution in [-0.4, -0.2) is 22.6 Å². The molecule has 1 aromatic rings. The topological polar surface area (TPSA) is 49.9 Å². The molecular weight excluding hydrogens is 250 g/mol. The number of rotatable bonds is 5. The Morgan fingerprint density at radius 3 is 2.65 bits per heavy atom. The number of ether oxygens (including phenoxy) is 1. The molecule has 0 spiro atoms. The van der Waals surface area contributed by atoms with Crippen LogP contribution in [0.15, 0.2) is 6.20 Å². The average molecular weight is 279 g/mol. The minimum atomic E-state index is 0.120. The number of nitrogens with zero attached hydrogens (tertiary/aromatic N) is 1. The van der Waals surface area contributed by atoms with Crippen LogP contribution in [0.5, 0.6) is 0 Å². The van der Waals surface area contributed by atoms with Crippen LogP contribution in [0.3, 0.4) is 0 Å². The molecule has 1 unspecified atom stereocenters. The Kier molecular flexibility index (Phi) is 5.22. The molecule has 0 saturated heterocycles. The Morgan fingerprint density at radius 1 is 1.35 bits per heavy atom. The first-order chi connectivity index (χ1) is 9.49. The molecular formula is C16H29N3O. The molecule has 0 aliphatic heterocycles. The molecule has 2 rings (SSSR count). The molecule has 2 N–H and O–H groups in total. The van der Waals surface area contributed by atoms with Gasteiger partial charge in [-0.05, 0) is 39.5 Å². The standard InChI is InChI=1S/C16H29N3O/c1-16(2,3)18-11-13-10-17-15(19-13)14(20-4)12-8-6-5-7-9-12/h10,12,14,18H,5-9,11H2,1-4H3,(H,17,19). The molecule has 1 fully saturated rings. The predicted octanol–water partition coefficient (Wildman–Crippen LogP) is 3.57. The van der Waals surface area contributed by atoms with E-state index in [9.17, 15) is 0 Å². The molecule has 0 radical (unpaired) electrons. The van der Waals surface area contributed by atoms with Gasteiger partial charge in [-0.2, -0.15) is 0 Å². The molecule has 20 heavy (non-hydrogen) atoms. The van der Waals surface area contributed by atoms with E-state index >= 15 is 0 Å². The van der Waals surface area contributed by atoms with Crippen molar-refractivity contribution in [2.45, 2.75) is 71.1 Å². The zero-order valence-electron chi connectivity index (χ0n) is 13.3. The number of nitrogens with one attached hydrogen (secondary N) is 2. The van der Waals surface area contributed by atoms with E-state index in [0.717, 1.165) is 18.1 Å². The molecule has 4 heteroatoms. The number of hydrogen-bond donors (Lipinski definition) is 2. The van der Waals surface area contributed by atoms with E-state index in [0.29, 0.717) is 5.92 Å². The molecule has 1 aromatic heterocycles. The summed E-state index contributed by atoms with van der Waals surface area (Å²) >= 11 is 0. The van der Waals surface area contributed by atoms with Crippen molar-refractivity contribution < 1.29 is 4.74 Å². The van der Waals surface area contributed by atoms with Gasteiger partial charge in [-0.15, -0.1) is 0 Å². The van der Waals surface area contributed by atoms with Gasteiger partial charge in [0.2, 0.25) is 0 Å². The Bertz CT molecular complexity index is 402. The van der Waals surface area contributed by atoms with Crippen molar-refractivity contribution in [2.24, 2.45) is 5.92 Å². The number of aromatic nitrogens is 2. The van der Waals surface area contributed by atoms with Crippen molar-refractivity contribution >= 4 is 0 Å². The third kappa shape index (κ3) is 4.32. The van der Waals surface area contributed by atoms with Gasteiger partial charge in [0.05, 0.1) is 0 Å². The highest BCUT2D eigenvalue weighted by molar-refractivity contribution is 5.05. The van der Waals surface area contributed by atoms with Gasteiger partial charge in [0, 0.05) is 31.1 Å². The van der Waals surface area contributed by atoms with Crippen LogP contribution in [0, 0.1) is 5.92 Å². The Labute approximate surface area is 122 Å². The van der Waals surface area contributed by atoms with E-state index < -0.39 is 0 Å². The van der Waals surface area contributed by atoms with Gasteiger partial charge in [-0.3, -0.25) is 0 Å². The normalized spacial score (nSPS) is 19.2. The zero-order chi connectivity index (χ0) is 14.6. The summed E-state index contributed by atoms with van der Waals surface area (Å²) in [7, 11) is 1.80. The molecule has 1 heterocycles. The fraction of sp³-hybridized carbons (Fsp3) is 0.812. The molecule has 0 bridgehead atoms. The summed E-state index contributed by atoms with van der Waals surface area (Å²) in [5.74, 6) is 1.61. The second kappa shape index (κ2) is 6.72. The summed E-state index contributed by atoms with van der Waals surface area (Å²) in [5, 5.41) is 3.48. The van der Waals surface area contributed by atoms with Crippen molar-refractivity contribution in [3.05, 3.63) is 17.7 Å². The minimum Gasteiger partial charge on any atom is -0.373 e. The second-order valence-electron chi connectivity index (χ2n) is 6.95. The van der Waals surface area contributed by atoms with E-state index in [1.165, 1.54) is 32.1 Å². The maximum Gasteiger partial charge on any atom is 0.135 e. The van der Waals surface area contributed by atoms with Crippen LogP contribution in [0.4, 0.5) is 0 Å². The monoisotopic (exact) mass is 279 g/mol. The van der Waals surface area contributed by atoms with Gasteiger partial charge in [0.15, 0.2) is 0 Å². The first-order valence-electron chi connectivity index (χ1n) is 7.81. The van der Waals surface area contributed by atoms with Gasteiger partial charge < -0.3 is 15.0 Å². The smallest absolute Gasteiger partial charge is 0.135 e. The third-order valence-corrected chi connectivity index (χ3v) is 4.06. The van der Waals surface area contributed by atoms with E-state index in [2.05, 4.69) is 36.1 Å². The first kappa shape index (κ1) is 15.5. The molecule has 1 aliphatic rings. The van der Waals surface area contributed by atoms with E-state index in [1.54, 1.807) is 7.11 Å². The van der Waals surface area contributed by atoms with Crippen LogP contribution in [-0.2, 0) is 11.3 Å². The van der Waals surface area contributed by atoms with E-state index in [-0.39, 0.29) is 11.6 Å². The maximum absolute atomic E-state index is 5.72. The predicted molar refractivity (Wildman–Crippen MR) is 81.5 cm³/mol. The number of H-pyrrole nitrogens is 1. The Balaban J connectivity index is 1.98. The van der Waals surface area contributed by atoms with Crippen LogP contribution in [0.25, 0.3) is 0 Å². The van der Waals surface area contributed by atoms with Gasteiger partial charge in [0.1, 0.15) is 11.9 Å². The lowest BCUT2D eigenvalue weighted by atomic mass is 9.85. The van der Waals surface area contributed by atoms with Gasteiger partial charge in [0.25, 0.3) is 0 Å². The number of imidazole rings is 1. The fourth-order valence-corrected chi connectivity index (χ4v) is 2.94. The van der Waals surface area contributed by atoms with E-state index in [4.69, 9.17) is 4.74 Å². The number of aromatic amines is 1. The Morgan fingerprint density at radius 2 is 2.05 bits per heavy atom. The SMILES string of the molecule is COC(c1ncc(CNC(C)(C)C)[nH]1)C1CCCCC1. The fourth-order valence-electron chi connectivity index (χ4n) is 2.94. The minimum absolute atomic E-state index is 0.120. The molecule has 114 valence electrons. The van der Waals surface area contributed by atoms with Crippen molar-refractivity contribution in [1.82, 2.24) is 15.3 Å². The lowest BCUT2D eigenvalue weighted by molar-refractivity contribution is 0.0294. The van der Waals surface area contributed by atoms with Gasteiger partial charge in [-0.1, -0.05) is 19.3 Å². The quantitative estimate of drug-likeness (QED) is 0.866. The molecule has 4 nitrogen and oxygen atoms in total. The highest BCUT2D eigenvalue weighted by Crippen LogP contribution is 2.35. The lowest BCUT2D eigenvalue weighted by Gasteiger charge is -2.27. The largest absolute Gasteiger partial charge is 0.373 e. The van der Waals surface area contributed by atoms with Crippen molar-refractivity contribution in [3.8, 4) is 0 Å². The lowest BCUT2D eigenvalue weighted by Crippen LogP contribution is -2.35. The van der Waals surface area contributed by atoms with Crippen molar-refractivity contribution in [1.29, 1.82) is 0 Å².